The first-order valence-electron chi connectivity index (χ1n) is 2.23. The minimum Gasteiger partial charge on any atom is -0.338 e. The monoisotopic (exact) mass is 190 g/mol. The second-order valence-corrected chi connectivity index (χ2v) is 3.37. The molecule has 0 heterocycles. The first-order chi connectivity index (χ1) is 4.83. The standard InChI is InChI=1S/C4H3F4O2P/c5-3(6)1-11(9,10)2-4(7)8/h1-2H,(H,9,10). The number of hydrogen-bond acceptors (Lipinski definition) is 1. The maximum Gasteiger partial charge on any atom is 0.276 e. The van der Waals surface area contributed by atoms with Crippen LogP contribution in [0.2, 0.25) is 0 Å². The SMILES string of the molecule is O=P(O)(C=C(F)F)C=C(F)F. The molecule has 0 aromatic rings. The van der Waals surface area contributed by atoms with Crippen LogP contribution in [0.15, 0.2) is 23.8 Å². The summed E-state index contributed by atoms with van der Waals surface area (Å²) in [7, 11) is -4.63. The van der Waals surface area contributed by atoms with Crippen LogP contribution in [-0.2, 0) is 4.57 Å². The van der Waals surface area contributed by atoms with Crippen molar-refractivity contribution in [3.8, 4) is 0 Å². The molecule has 0 unspecified atom stereocenters. The number of rotatable bonds is 2. The summed E-state index contributed by atoms with van der Waals surface area (Å²) in [4.78, 5) is 8.30. The molecule has 0 aromatic heterocycles. The summed E-state index contributed by atoms with van der Waals surface area (Å²) >= 11 is 0. The fourth-order valence-corrected chi connectivity index (χ4v) is 0.951. The Hall–Kier alpha value is -0.610. The van der Waals surface area contributed by atoms with Crippen LogP contribution in [-0.4, -0.2) is 4.89 Å². The van der Waals surface area contributed by atoms with E-state index in [1.807, 2.05) is 0 Å². The first-order valence-corrected chi connectivity index (χ1v) is 4.03. The lowest BCUT2D eigenvalue weighted by atomic mass is 11.1. The molecular formula is C4H3F4O2P. The van der Waals surface area contributed by atoms with Crippen LogP contribution in [0.5, 0.6) is 0 Å². The van der Waals surface area contributed by atoms with E-state index in [4.69, 9.17) is 4.89 Å². The van der Waals surface area contributed by atoms with Crippen molar-refractivity contribution in [1.82, 2.24) is 0 Å². The van der Waals surface area contributed by atoms with Gasteiger partial charge in [-0.1, -0.05) is 0 Å². The van der Waals surface area contributed by atoms with Gasteiger partial charge >= 0.3 is 0 Å². The molecule has 11 heavy (non-hydrogen) atoms. The Kier molecular flexibility index (Phi) is 3.48. The van der Waals surface area contributed by atoms with E-state index in [0.717, 1.165) is 0 Å². The maximum absolute atomic E-state index is 11.2. The molecule has 0 aliphatic rings. The van der Waals surface area contributed by atoms with Gasteiger partial charge in [0.15, 0.2) is 0 Å². The Morgan fingerprint density at radius 3 is 1.55 bits per heavy atom. The van der Waals surface area contributed by atoms with Gasteiger partial charge in [0.2, 0.25) is 0 Å². The minimum absolute atomic E-state index is 0.411. The van der Waals surface area contributed by atoms with E-state index in [-0.39, 0.29) is 0 Å². The van der Waals surface area contributed by atoms with Crippen molar-refractivity contribution in [3.05, 3.63) is 23.8 Å². The molecule has 64 valence electrons. The molecular weight excluding hydrogens is 187 g/mol. The molecule has 0 spiro atoms. The zero-order chi connectivity index (χ0) is 9.07. The van der Waals surface area contributed by atoms with E-state index in [9.17, 15) is 22.1 Å². The Bertz CT molecular complexity index is 216. The van der Waals surface area contributed by atoms with Gasteiger partial charge in [-0.3, -0.25) is 4.57 Å². The average Bonchev–Trinajstić information content (AvgIpc) is 1.53. The summed E-state index contributed by atoms with van der Waals surface area (Å²) < 4.78 is 55.2. The normalized spacial score (nSPS) is 10.6. The summed E-state index contributed by atoms with van der Waals surface area (Å²) in [5, 5.41) is 0. The third-order valence-corrected chi connectivity index (χ3v) is 1.70. The van der Waals surface area contributed by atoms with Crippen molar-refractivity contribution in [2.75, 3.05) is 0 Å². The number of halogens is 4. The van der Waals surface area contributed by atoms with E-state index in [1.54, 1.807) is 0 Å². The molecule has 0 bridgehead atoms. The molecule has 0 radical (unpaired) electrons. The van der Waals surface area contributed by atoms with Crippen molar-refractivity contribution >= 4 is 7.37 Å². The molecule has 0 aliphatic heterocycles. The lowest BCUT2D eigenvalue weighted by Gasteiger charge is -1.95. The van der Waals surface area contributed by atoms with Crippen molar-refractivity contribution < 1.29 is 27.0 Å². The fourth-order valence-electron chi connectivity index (χ4n) is 0.317. The van der Waals surface area contributed by atoms with Crippen molar-refractivity contribution in [2.24, 2.45) is 0 Å². The molecule has 0 aliphatic carbocycles. The Morgan fingerprint density at radius 2 is 1.36 bits per heavy atom. The molecule has 0 saturated heterocycles. The molecule has 0 saturated carbocycles. The fraction of sp³-hybridized carbons (Fsp3) is 0. The predicted molar refractivity (Wildman–Crippen MR) is 30.4 cm³/mol. The second kappa shape index (κ2) is 3.69. The quantitative estimate of drug-likeness (QED) is 0.536. The molecule has 0 amide bonds. The van der Waals surface area contributed by atoms with Gasteiger partial charge in [0.25, 0.3) is 19.5 Å². The highest BCUT2D eigenvalue weighted by Gasteiger charge is 2.14. The van der Waals surface area contributed by atoms with Crippen molar-refractivity contribution in [2.45, 2.75) is 0 Å². The van der Waals surface area contributed by atoms with E-state index >= 15 is 0 Å². The van der Waals surface area contributed by atoms with Crippen LogP contribution in [0.3, 0.4) is 0 Å². The van der Waals surface area contributed by atoms with Gasteiger partial charge < -0.3 is 4.89 Å². The highest BCUT2D eigenvalue weighted by atomic mass is 31.2. The Labute approximate surface area is 59.3 Å². The van der Waals surface area contributed by atoms with Crippen LogP contribution in [0.25, 0.3) is 0 Å². The summed E-state index contributed by atoms with van der Waals surface area (Å²) in [6.45, 7) is 0. The summed E-state index contributed by atoms with van der Waals surface area (Å²) in [6, 6.07) is 0. The summed E-state index contributed by atoms with van der Waals surface area (Å²) in [5.41, 5.74) is 0. The highest BCUT2D eigenvalue weighted by molar-refractivity contribution is 7.64. The van der Waals surface area contributed by atoms with E-state index < -0.39 is 31.2 Å². The molecule has 1 N–H and O–H groups in total. The van der Waals surface area contributed by atoms with E-state index in [2.05, 4.69) is 0 Å². The highest BCUT2D eigenvalue weighted by Crippen LogP contribution is 2.46. The van der Waals surface area contributed by atoms with Crippen LogP contribution in [0.4, 0.5) is 17.6 Å². The van der Waals surface area contributed by atoms with Crippen LogP contribution in [0, 0.1) is 0 Å². The van der Waals surface area contributed by atoms with Crippen molar-refractivity contribution in [1.29, 1.82) is 0 Å². The van der Waals surface area contributed by atoms with Gasteiger partial charge in [-0.25, -0.2) is 0 Å². The van der Waals surface area contributed by atoms with E-state index in [1.165, 1.54) is 0 Å². The molecule has 2 nitrogen and oxygen atoms in total. The summed E-state index contributed by atoms with van der Waals surface area (Å²) in [6.07, 6.45) is -4.93. The van der Waals surface area contributed by atoms with Gasteiger partial charge in [-0.15, -0.1) is 0 Å². The smallest absolute Gasteiger partial charge is 0.276 e. The Balaban J connectivity index is 4.64. The van der Waals surface area contributed by atoms with Gasteiger partial charge in [0, 0.05) is 0 Å². The largest absolute Gasteiger partial charge is 0.338 e. The molecule has 0 atom stereocenters. The van der Waals surface area contributed by atoms with Gasteiger partial charge in [-0.05, 0) is 0 Å². The van der Waals surface area contributed by atoms with Crippen molar-refractivity contribution in [3.63, 3.8) is 0 Å². The topological polar surface area (TPSA) is 37.3 Å². The lowest BCUT2D eigenvalue weighted by molar-refractivity contribution is 0.415. The van der Waals surface area contributed by atoms with Gasteiger partial charge in [0.1, 0.15) is 0 Å². The minimum atomic E-state index is -4.63. The maximum atomic E-state index is 11.2. The van der Waals surface area contributed by atoms with Crippen LogP contribution >= 0.6 is 7.37 Å². The van der Waals surface area contributed by atoms with Gasteiger partial charge in [-0.2, -0.15) is 17.6 Å². The first kappa shape index (κ1) is 10.4. The van der Waals surface area contributed by atoms with Crippen LogP contribution < -0.4 is 0 Å². The van der Waals surface area contributed by atoms with Crippen LogP contribution in [0.1, 0.15) is 0 Å². The molecule has 0 fully saturated rings. The lowest BCUT2D eigenvalue weighted by Crippen LogP contribution is -1.70. The third kappa shape index (κ3) is 5.82. The molecule has 7 heteroatoms. The molecule has 0 aromatic carbocycles. The second-order valence-electron chi connectivity index (χ2n) is 1.51. The van der Waals surface area contributed by atoms with E-state index in [0.29, 0.717) is 0 Å². The zero-order valence-corrected chi connectivity index (χ0v) is 5.86. The van der Waals surface area contributed by atoms with Gasteiger partial charge in [0.05, 0.1) is 11.6 Å². The average molecular weight is 190 g/mol. The summed E-state index contributed by atoms with van der Waals surface area (Å²) in [5.74, 6) is -0.821. The Morgan fingerprint density at radius 1 is 1.09 bits per heavy atom. The number of hydrogen-bond donors (Lipinski definition) is 1. The predicted octanol–water partition coefficient (Wildman–Crippen LogP) is 2.73. The third-order valence-electron chi connectivity index (χ3n) is 0.565. The molecule has 0 rings (SSSR count). The zero-order valence-electron chi connectivity index (χ0n) is 4.97.